The molecule has 0 amide bonds. The predicted octanol–water partition coefficient (Wildman–Crippen LogP) is 0.616. The molecule has 3 rings (SSSR count). The highest BCUT2D eigenvalue weighted by molar-refractivity contribution is 7.87. The summed E-state index contributed by atoms with van der Waals surface area (Å²) in [4.78, 5) is 0. The van der Waals surface area contributed by atoms with Crippen LogP contribution < -0.4 is 10.5 Å². The zero-order chi connectivity index (χ0) is 14.2. The van der Waals surface area contributed by atoms with Gasteiger partial charge in [-0.15, -0.1) is 0 Å². The lowest BCUT2D eigenvalue weighted by Gasteiger charge is -2.28. The molecule has 1 atom stereocenters. The Kier molecular flexibility index (Phi) is 3.81. The highest BCUT2D eigenvalue weighted by Gasteiger charge is 2.31. The third-order valence-corrected chi connectivity index (χ3v) is 5.69. The van der Waals surface area contributed by atoms with Crippen molar-refractivity contribution in [1.82, 2.24) is 9.03 Å². The summed E-state index contributed by atoms with van der Waals surface area (Å²) < 4.78 is 28.8. The van der Waals surface area contributed by atoms with Gasteiger partial charge in [-0.2, -0.15) is 12.7 Å². The molecular formula is C14H21N3O2S. The highest BCUT2D eigenvalue weighted by atomic mass is 32.2. The van der Waals surface area contributed by atoms with Gasteiger partial charge in [0, 0.05) is 25.7 Å². The van der Waals surface area contributed by atoms with E-state index in [4.69, 9.17) is 5.73 Å². The minimum absolute atomic E-state index is 0.0538. The van der Waals surface area contributed by atoms with Gasteiger partial charge in [0.1, 0.15) is 0 Å². The molecule has 1 aliphatic carbocycles. The molecule has 1 aliphatic heterocycles. The Labute approximate surface area is 120 Å². The number of nitrogens with zero attached hydrogens (tertiary/aromatic N) is 1. The molecule has 0 bridgehead atoms. The minimum Gasteiger partial charge on any atom is -0.326 e. The van der Waals surface area contributed by atoms with Crippen LogP contribution in [0, 0.1) is 5.92 Å². The normalized spacial score (nSPS) is 21.4. The average Bonchev–Trinajstić information content (AvgIpc) is 3.29. The minimum atomic E-state index is -3.42. The molecule has 110 valence electrons. The molecular weight excluding hydrogens is 274 g/mol. The third kappa shape index (κ3) is 3.03. The summed E-state index contributed by atoms with van der Waals surface area (Å²) in [7, 11) is -3.42. The van der Waals surface area contributed by atoms with Crippen LogP contribution in [0.15, 0.2) is 24.3 Å². The standard InChI is InChI=1S/C14H21N3O2S/c15-14(12-5-6-12)9-16-20(18,19)17-8-7-11-3-1-2-4-13(11)10-17/h1-4,12,14,16H,5-10,15H2. The summed E-state index contributed by atoms with van der Waals surface area (Å²) in [5, 5.41) is 0. The number of fused-ring (bicyclic) bond motifs is 1. The largest absolute Gasteiger partial charge is 0.326 e. The van der Waals surface area contributed by atoms with Crippen molar-refractivity contribution in [2.24, 2.45) is 11.7 Å². The molecule has 3 N–H and O–H groups in total. The third-order valence-electron chi connectivity index (χ3n) is 4.16. The van der Waals surface area contributed by atoms with Crippen molar-refractivity contribution in [2.75, 3.05) is 13.1 Å². The zero-order valence-corrected chi connectivity index (χ0v) is 12.3. The predicted molar refractivity (Wildman–Crippen MR) is 78.2 cm³/mol. The molecule has 1 saturated carbocycles. The van der Waals surface area contributed by atoms with Gasteiger partial charge in [0.25, 0.3) is 10.2 Å². The van der Waals surface area contributed by atoms with Crippen molar-refractivity contribution in [3.63, 3.8) is 0 Å². The Bertz CT molecular complexity index is 584. The molecule has 0 aromatic heterocycles. The molecule has 1 unspecified atom stereocenters. The number of nitrogens with two attached hydrogens (primary N) is 1. The van der Waals surface area contributed by atoms with E-state index in [1.807, 2.05) is 18.2 Å². The van der Waals surface area contributed by atoms with Crippen LogP contribution in [0.3, 0.4) is 0 Å². The summed E-state index contributed by atoms with van der Waals surface area (Å²) in [5.41, 5.74) is 8.28. The van der Waals surface area contributed by atoms with Crippen molar-refractivity contribution in [3.05, 3.63) is 35.4 Å². The second-order valence-electron chi connectivity index (χ2n) is 5.71. The molecule has 1 heterocycles. The maximum atomic E-state index is 12.3. The molecule has 0 radical (unpaired) electrons. The summed E-state index contributed by atoms with van der Waals surface area (Å²) in [6.45, 7) is 1.32. The highest BCUT2D eigenvalue weighted by Crippen LogP contribution is 2.31. The van der Waals surface area contributed by atoms with Gasteiger partial charge >= 0.3 is 0 Å². The van der Waals surface area contributed by atoms with Crippen LogP contribution in [0.1, 0.15) is 24.0 Å². The van der Waals surface area contributed by atoms with E-state index < -0.39 is 10.2 Å². The number of nitrogens with one attached hydrogen (secondary N) is 1. The fraction of sp³-hybridized carbons (Fsp3) is 0.571. The molecule has 0 saturated heterocycles. The maximum absolute atomic E-state index is 12.3. The average molecular weight is 295 g/mol. The summed E-state index contributed by atoms with van der Waals surface area (Å²) in [6, 6.07) is 7.95. The summed E-state index contributed by atoms with van der Waals surface area (Å²) >= 11 is 0. The first-order valence-corrected chi connectivity index (χ1v) is 8.57. The fourth-order valence-corrected chi connectivity index (χ4v) is 3.89. The van der Waals surface area contributed by atoms with Gasteiger partial charge < -0.3 is 5.73 Å². The lowest BCUT2D eigenvalue weighted by atomic mass is 10.0. The van der Waals surface area contributed by atoms with Crippen LogP contribution in [0.2, 0.25) is 0 Å². The number of hydrogen-bond donors (Lipinski definition) is 2. The summed E-state index contributed by atoms with van der Waals surface area (Å²) in [5.74, 6) is 0.500. The van der Waals surface area contributed by atoms with Crippen molar-refractivity contribution in [3.8, 4) is 0 Å². The number of rotatable bonds is 5. The maximum Gasteiger partial charge on any atom is 0.279 e. The van der Waals surface area contributed by atoms with Crippen molar-refractivity contribution < 1.29 is 8.42 Å². The van der Waals surface area contributed by atoms with E-state index in [9.17, 15) is 8.42 Å². The number of hydrogen-bond acceptors (Lipinski definition) is 3. The van der Waals surface area contributed by atoms with Gasteiger partial charge in [-0.3, -0.25) is 0 Å². The second-order valence-corrected chi connectivity index (χ2v) is 7.46. The van der Waals surface area contributed by atoms with Gasteiger partial charge in [0.05, 0.1) is 0 Å². The van der Waals surface area contributed by atoms with Gasteiger partial charge in [-0.05, 0) is 36.3 Å². The Morgan fingerprint density at radius 2 is 2.00 bits per heavy atom. The van der Waals surface area contributed by atoms with Crippen LogP contribution in [0.5, 0.6) is 0 Å². The lowest BCUT2D eigenvalue weighted by Crippen LogP contribution is -2.47. The van der Waals surface area contributed by atoms with Crippen LogP contribution in [-0.2, 0) is 23.2 Å². The van der Waals surface area contributed by atoms with E-state index in [0.717, 1.165) is 24.8 Å². The summed E-state index contributed by atoms with van der Waals surface area (Å²) in [6.07, 6.45) is 3.02. The molecule has 1 aromatic carbocycles. The van der Waals surface area contributed by atoms with Crippen LogP contribution >= 0.6 is 0 Å². The molecule has 6 heteroatoms. The van der Waals surface area contributed by atoms with Gasteiger partial charge in [-0.25, -0.2) is 4.72 Å². The van der Waals surface area contributed by atoms with E-state index in [2.05, 4.69) is 10.8 Å². The molecule has 2 aliphatic rings. The van der Waals surface area contributed by atoms with Crippen LogP contribution in [0.4, 0.5) is 0 Å². The molecule has 5 nitrogen and oxygen atoms in total. The molecule has 1 aromatic rings. The zero-order valence-electron chi connectivity index (χ0n) is 11.5. The Morgan fingerprint density at radius 1 is 1.30 bits per heavy atom. The monoisotopic (exact) mass is 295 g/mol. The van der Waals surface area contributed by atoms with Crippen molar-refractivity contribution in [2.45, 2.75) is 31.8 Å². The van der Waals surface area contributed by atoms with Gasteiger partial charge in [0.15, 0.2) is 0 Å². The quantitative estimate of drug-likeness (QED) is 0.836. The first kappa shape index (κ1) is 14.0. The van der Waals surface area contributed by atoms with E-state index in [-0.39, 0.29) is 6.04 Å². The SMILES string of the molecule is NC(CNS(=O)(=O)N1CCc2ccccc2C1)C1CC1. The molecule has 20 heavy (non-hydrogen) atoms. The number of benzene rings is 1. The topological polar surface area (TPSA) is 75.4 Å². The van der Waals surface area contributed by atoms with E-state index in [1.165, 1.54) is 9.87 Å². The Hall–Kier alpha value is -0.950. The van der Waals surface area contributed by atoms with Crippen LogP contribution in [-0.4, -0.2) is 31.9 Å². The van der Waals surface area contributed by atoms with Crippen LogP contribution in [0.25, 0.3) is 0 Å². The Morgan fingerprint density at radius 3 is 2.70 bits per heavy atom. The van der Waals surface area contributed by atoms with Crippen molar-refractivity contribution >= 4 is 10.2 Å². The smallest absolute Gasteiger partial charge is 0.279 e. The van der Waals surface area contributed by atoms with Gasteiger partial charge in [-0.1, -0.05) is 24.3 Å². The van der Waals surface area contributed by atoms with E-state index in [1.54, 1.807) is 0 Å². The second kappa shape index (κ2) is 5.44. The first-order chi connectivity index (χ1) is 9.56. The lowest BCUT2D eigenvalue weighted by molar-refractivity contribution is 0.381. The van der Waals surface area contributed by atoms with Gasteiger partial charge in [0.2, 0.25) is 0 Å². The molecule has 0 spiro atoms. The van der Waals surface area contributed by atoms with Crippen molar-refractivity contribution in [1.29, 1.82) is 0 Å². The fourth-order valence-electron chi connectivity index (χ4n) is 2.66. The molecule has 1 fully saturated rings. The van der Waals surface area contributed by atoms with E-state index >= 15 is 0 Å². The Balaban J connectivity index is 1.63. The first-order valence-electron chi connectivity index (χ1n) is 7.13. The van der Waals surface area contributed by atoms with E-state index in [0.29, 0.717) is 25.6 Å².